The van der Waals surface area contributed by atoms with Gasteiger partial charge in [0.05, 0.1) is 5.92 Å². The fraction of sp³-hybridized carbons (Fsp3) is 0.650. The molecule has 2 aliphatic rings. The van der Waals surface area contributed by atoms with E-state index in [1.165, 1.54) is 0 Å². The number of amides is 2. The van der Waals surface area contributed by atoms with Crippen LogP contribution in [0.3, 0.4) is 0 Å². The molecule has 3 rings (SSSR count). The lowest BCUT2D eigenvalue weighted by Gasteiger charge is -2.35. The molecule has 1 unspecified atom stereocenters. The van der Waals surface area contributed by atoms with Crippen LogP contribution < -0.4 is 0 Å². The number of aromatic nitrogens is 1. The monoisotopic (exact) mass is 359 g/mol. The van der Waals surface area contributed by atoms with Gasteiger partial charge in [-0.25, -0.2) is 0 Å². The van der Waals surface area contributed by atoms with E-state index >= 15 is 0 Å². The van der Waals surface area contributed by atoms with Crippen LogP contribution in [0.25, 0.3) is 0 Å². The molecule has 0 aliphatic carbocycles. The summed E-state index contributed by atoms with van der Waals surface area (Å²) < 4.78 is 5.39. The fourth-order valence-electron chi connectivity index (χ4n) is 3.85. The average Bonchev–Trinajstić information content (AvgIpc) is 2.68. The Labute approximate surface area is 155 Å². The highest BCUT2D eigenvalue weighted by atomic mass is 16.5. The number of piperidine rings is 1. The molecule has 2 saturated heterocycles. The van der Waals surface area contributed by atoms with Crippen molar-refractivity contribution in [2.24, 2.45) is 11.8 Å². The molecule has 1 aromatic rings. The van der Waals surface area contributed by atoms with Gasteiger partial charge < -0.3 is 14.5 Å². The third-order valence-corrected chi connectivity index (χ3v) is 5.46. The number of hydrogen-bond acceptors (Lipinski definition) is 4. The molecule has 1 atom stereocenters. The second kappa shape index (κ2) is 9.12. The molecule has 142 valence electrons. The van der Waals surface area contributed by atoms with Gasteiger partial charge in [0.1, 0.15) is 0 Å². The molecule has 6 nitrogen and oxygen atoms in total. The lowest BCUT2D eigenvalue weighted by Crippen LogP contribution is -2.47. The van der Waals surface area contributed by atoms with Gasteiger partial charge in [0.15, 0.2) is 0 Å². The van der Waals surface area contributed by atoms with Crippen molar-refractivity contribution < 1.29 is 14.3 Å². The molecule has 0 spiro atoms. The summed E-state index contributed by atoms with van der Waals surface area (Å²) in [4.78, 5) is 33.1. The van der Waals surface area contributed by atoms with Crippen molar-refractivity contribution in [3.8, 4) is 0 Å². The highest BCUT2D eigenvalue weighted by Crippen LogP contribution is 2.22. The Kier molecular flexibility index (Phi) is 6.61. The van der Waals surface area contributed by atoms with E-state index in [1.807, 2.05) is 35.0 Å². The molecule has 2 amide bonds. The number of rotatable bonds is 6. The summed E-state index contributed by atoms with van der Waals surface area (Å²) in [7, 11) is 1.90. The summed E-state index contributed by atoms with van der Waals surface area (Å²) in [5, 5.41) is 0. The van der Waals surface area contributed by atoms with Crippen LogP contribution in [-0.4, -0.2) is 66.5 Å². The predicted octanol–water partition coefficient (Wildman–Crippen LogP) is 1.75. The first-order chi connectivity index (χ1) is 12.6. The lowest BCUT2D eigenvalue weighted by atomic mass is 9.94. The Bertz CT molecular complexity index is 602. The first-order valence-corrected chi connectivity index (χ1v) is 9.64. The number of nitrogens with zero attached hydrogens (tertiary/aromatic N) is 3. The molecule has 0 N–H and O–H groups in total. The van der Waals surface area contributed by atoms with Crippen molar-refractivity contribution in [1.29, 1.82) is 0 Å². The van der Waals surface area contributed by atoms with Gasteiger partial charge in [-0.2, -0.15) is 0 Å². The minimum atomic E-state index is -0.0822. The number of likely N-dealkylation sites (tertiary alicyclic amines) is 1. The Hall–Kier alpha value is -1.95. The molecule has 2 aliphatic heterocycles. The quantitative estimate of drug-likeness (QED) is 0.776. The standard InChI is InChI=1S/C20H29N3O3/c1-22(14-16-8-12-26-13-9-16)20(25)17-5-6-19(24)23(15-17)11-7-18-4-2-3-10-21-18/h2-4,10,16-17H,5-9,11-15H2,1H3. The van der Waals surface area contributed by atoms with Crippen LogP contribution >= 0.6 is 0 Å². The number of ether oxygens (including phenoxy) is 1. The Morgan fingerprint density at radius 1 is 1.31 bits per heavy atom. The molecular weight excluding hydrogens is 330 g/mol. The summed E-state index contributed by atoms with van der Waals surface area (Å²) >= 11 is 0. The maximum absolute atomic E-state index is 12.8. The molecular formula is C20H29N3O3. The Balaban J connectivity index is 1.51. The zero-order valence-corrected chi connectivity index (χ0v) is 15.6. The van der Waals surface area contributed by atoms with Gasteiger partial charge >= 0.3 is 0 Å². The zero-order chi connectivity index (χ0) is 18.4. The third-order valence-electron chi connectivity index (χ3n) is 5.46. The van der Waals surface area contributed by atoms with Crippen LogP contribution in [0.1, 0.15) is 31.4 Å². The van der Waals surface area contributed by atoms with Gasteiger partial charge in [0.25, 0.3) is 0 Å². The van der Waals surface area contributed by atoms with Gasteiger partial charge in [0.2, 0.25) is 11.8 Å². The summed E-state index contributed by atoms with van der Waals surface area (Å²) in [6.07, 6.45) is 5.67. The number of carbonyl (C=O) groups excluding carboxylic acids is 2. The van der Waals surface area contributed by atoms with Crippen molar-refractivity contribution in [1.82, 2.24) is 14.8 Å². The molecule has 2 fully saturated rings. The first kappa shape index (κ1) is 18.8. The van der Waals surface area contributed by atoms with Crippen molar-refractivity contribution in [3.05, 3.63) is 30.1 Å². The molecule has 0 aromatic carbocycles. The van der Waals surface area contributed by atoms with E-state index in [2.05, 4.69) is 4.98 Å². The van der Waals surface area contributed by atoms with E-state index in [1.54, 1.807) is 6.20 Å². The van der Waals surface area contributed by atoms with E-state index in [-0.39, 0.29) is 17.7 Å². The summed E-state index contributed by atoms with van der Waals surface area (Å²) in [5.41, 5.74) is 0.977. The summed E-state index contributed by atoms with van der Waals surface area (Å²) in [5.74, 6) is 0.772. The van der Waals surface area contributed by atoms with Gasteiger partial charge in [-0.1, -0.05) is 6.07 Å². The van der Waals surface area contributed by atoms with Crippen molar-refractivity contribution in [2.45, 2.75) is 32.1 Å². The fourth-order valence-corrected chi connectivity index (χ4v) is 3.85. The van der Waals surface area contributed by atoms with Crippen LogP contribution in [0, 0.1) is 11.8 Å². The second-order valence-corrected chi connectivity index (χ2v) is 7.42. The number of pyridine rings is 1. The zero-order valence-electron chi connectivity index (χ0n) is 15.6. The molecule has 0 saturated carbocycles. The van der Waals surface area contributed by atoms with E-state index < -0.39 is 0 Å². The smallest absolute Gasteiger partial charge is 0.227 e. The molecule has 26 heavy (non-hydrogen) atoms. The molecule has 3 heterocycles. The number of carbonyl (C=O) groups is 2. The maximum atomic E-state index is 12.8. The van der Waals surface area contributed by atoms with E-state index in [9.17, 15) is 9.59 Å². The van der Waals surface area contributed by atoms with Crippen LogP contribution in [0.5, 0.6) is 0 Å². The van der Waals surface area contributed by atoms with Crippen molar-refractivity contribution in [2.75, 3.05) is 39.9 Å². The Morgan fingerprint density at radius 3 is 2.85 bits per heavy atom. The van der Waals surface area contributed by atoms with Crippen molar-refractivity contribution >= 4 is 11.8 Å². The van der Waals surface area contributed by atoms with Crippen LogP contribution in [0.4, 0.5) is 0 Å². The molecule has 6 heteroatoms. The van der Waals surface area contributed by atoms with Crippen molar-refractivity contribution in [3.63, 3.8) is 0 Å². The minimum absolute atomic E-state index is 0.0822. The topological polar surface area (TPSA) is 62.7 Å². The number of hydrogen-bond donors (Lipinski definition) is 0. The van der Waals surface area contributed by atoms with E-state index in [0.29, 0.717) is 31.8 Å². The van der Waals surface area contributed by atoms with Crippen LogP contribution in [0.15, 0.2) is 24.4 Å². The summed E-state index contributed by atoms with van der Waals surface area (Å²) in [6, 6.07) is 5.81. The van der Waals surface area contributed by atoms with Gasteiger partial charge in [-0.05, 0) is 37.3 Å². The third kappa shape index (κ3) is 5.04. The van der Waals surface area contributed by atoms with Gasteiger partial charge in [-0.3, -0.25) is 14.6 Å². The minimum Gasteiger partial charge on any atom is -0.381 e. The van der Waals surface area contributed by atoms with Crippen LogP contribution in [-0.2, 0) is 20.7 Å². The van der Waals surface area contributed by atoms with Crippen LogP contribution in [0.2, 0.25) is 0 Å². The predicted molar refractivity (Wildman–Crippen MR) is 98.4 cm³/mol. The van der Waals surface area contributed by atoms with E-state index in [0.717, 1.165) is 44.7 Å². The summed E-state index contributed by atoms with van der Waals surface area (Å²) in [6.45, 7) is 3.55. The molecule has 0 radical (unpaired) electrons. The second-order valence-electron chi connectivity index (χ2n) is 7.42. The van der Waals surface area contributed by atoms with Gasteiger partial charge in [0, 0.05) is 64.6 Å². The molecule has 1 aromatic heterocycles. The normalized spacial score (nSPS) is 21.7. The van der Waals surface area contributed by atoms with Gasteiger partial charge in [-0.15, -0.1) is 0 Å². The maximum Gasteiger partial charge on any atom is 0.227 e. The first-order valence-electron chi connectivity index (χ1n) is 9.64. The largest absolute Gasteiger partial charge is 0.381 e. The lowest BCUT2D eigenvalue weighted by molar-refractivity contribution is -0.142. The van der Waals surface area contributed by atoms with E-state index in [4.69, 9.17) is 4.74 Å². The average molecular weight is 359 g/mol. The SMILES string of the molecule is CN(CC1CCOCC1)C(=O)C1CCC(=O)N(CCc2ccccn2)C1. The Morgan fingerprint density at radius 2 is 2.12 bits per heavy atom. The molecule has 0 bridgehead atoms. The highest BCUT2D eigenvalue weighted by molar-refractivity contribution is 5.83. The highest BCUT2D eigenvalue weighted by Gasteiger charge is 2.32.